The fourth-order valence-corrected chi connectivity index (χ4v) is 5.30. The second kappa shape index (κ2) is 7.92. The molecule has 0 amide bonds. The number of benzene rings is 3. The highest BCUT2D eigenvalue weighted by Gasteiger charge is 2.25. The first-order chi connectivity index (χ1) is 15.8. The molecule has 1 aliphatic carbocycles. The highest BCUT2D eigenvalue weighted by Crippen LogP contribution is 2.41. The molecule has 4 aromatic rings. The Morgan fingerprint density at radius 3 is 2.72 bits per heavy atom. The van der Waals surface area contributed by atoms with E-state index in [1.165, 1.54) is 27.3 Å². The van der Waals surface area contributed by atoms with Crippen LogP contribution in [0.3, 0.4) is 0 Å². The Morgan fingerprint density at radius 1 is 0.875 bits per heavy atom. The van der Waals surface area contributed by atoms with E-state index >= 15 is 0 Å². The van der Waals surface area contributed by atoms with E-state index in [0.29, 0.717) is 0 Å². The van der Waals surface area contributed by atoms with Gasteiger partial charge in [0.2, 0.25) is 0 Å². The van der Waals surface area contributed by atoms with Crippen LogP contribution in [-0.4, -0.2) is 9.97 Å². The van der Waals surface area contributed by atoms with Crippen molar-refractivity contribution >= 4 is 38.8 Å². The maximum Gasteiger partial charge on any atom is 0.105 e. The van der Waals surface area contributed by atoms with Crippen molar-refractivity contribution in [2.75, 3.05) is 0 Å². The molecular formula is C28H22ClN3. The molecule has 2 heterocycles. The average molecular weight is 436 g/mol. The lowest BCUT2D eigenvalue weighted by Crippen LogP contribution is -2.15. The number of aryl methyl sites for hydroxylation is 1. The van der Waals surface area contributed by atoms with Crippen LogP contribution in [0.4, 0.5) is 0 Å². The predicted octanol–water partition coefficient (Wildman–Crippen LogP) is 6.92. The molecule has 4 heteroatoms. The van der Waals surface area contributed by atoms with Crippen LogP contribution in [-0.2, 0) is 6.42 Å². The Hall–Kier alpha value is -3.43. The van der Waals surface area contributed by atoms with Gasteiger partial charge in [-0.3, -0.25) is 4.98 Å². The summed E-state index contributed by atoms with van der Waals surface area (Å²) in [6.07, 6.45) is 17.0. The standard InChI is InChI=1S/C28H22ClN3/c29-25-9-5-7-19-21-11-12-22-18(20(21)13-14-23(19)25)6-4-8-24(22)27-16-30-17-28(32-27)26-10-2-1-3-15-31-26/h1-3,5,7,9-17,24,31H,4,6,8H2. The van der Waals surface area contributed by atoms with Crippen LogP contribution in [0.25, 0.3) is 27.2 Å². The number of hydrogen-bond acceptors (Lipinski definition) is 3. The summed E-state index contributed by atoms with van der Waals surface area (Å²) in [5.74, 6) is 0.253. The molecule has 1 atom stereocenters. The lowest BCUT2D eigenvalue weighted by Gasteiger charge is -2.27. The number of allylic oxidation sites excluding steroid dienone is 4. The summed E-state index contributed by atoms with van der Waals surface area (Å²) in [6.45, 7) is 0. The first-order valence-corrected chi connectivity index (χ1v) is 11.4. The molecule has 0 saturated heterocycles. The molecule has 6 rings (SSSR count). The van der Waals surface area contributed by atoms with Gasteiger partial charge in [-0.25, -0.2) is 4.98 Å². The summed E-state index contributed by atoms with van der Waals surface area (Å²) in [6, 6.07) is 15.1. The Kier molecular flexibility index (Phi) is 4.77. The van der Waals surface area contributed by atoms with Gasteiger partial charge in [-0.1, -0.05) is 60.2 Å². The molecule has 1 aromatic heterocycles. The van der Waals surface area contributed by atoms with Crippen LogP contribution in [0, 0.1) is 0 Å². The number of rotatable bonds is 2. The van der Waals surface area contributed by atoms with Gasteiger partial charge < -0.3 is 5.32 Å². The molecule has 1 aliphatic heterocycles. The molecule has 32 heavy (non-hydrogen) atoms. The van der Waals surface area contributed by atoms with Crippen molar-refractivity contribution in [3.05, 3.63) is 113 Å². The minimum atomic E-state index is 0.253. The van der Waals surface area contributed by atoms with E-state index in [-0.39, 0.29) is 5.92 Å². The van der Waals surface area contributed by atoms with E-state index in [2.05, 4.69) is 40.6 Å². The van der Waals surface area contributed by atoms with Crippen LogP contribution in [0.15, 0.2) is 85.4 Å². The van der Waals surface area contributed by atoms with Crippen LogP contribution in [0.1, 0.15) is 41.3 Å². The monoisotopic (exact) mass is 435 g/mol. The van der Waals surface area contributed by atoms with E-state index in [4.69, 9.17) is 16.6 Å². The van der Waals surface area contributed by atoms with E-state index in [0.717, 1.165) is 46.8 Å². The van der Waals surface area contributed by atoms with Gasteiger partial charge in [-0.15, -0.1) is 0 Å². The van der Waals surface area contributed by atoms with Gasteiger partial charge in [0.25, 0.3) is 0 Å². The topological polar surface area (TPSA) is 37.8 Å². The predicted molar refractivity (Wildman–Crippen MR) is 133 cm³/mol. The minimum Gasteiger partial charge on any atom is -0.360 e. The fraction of sp³-hybridized carbons (Fsp3) is 0.143. The van der Waals surface area contributed by atoms with Crippen molar-refractivity contribution in [2.45, 2.75) is 25.2 Å². The maximum atomic E-state index is 6.46. The highest BCUT2D eigenvalue weighted by atomic mass is 35.5. The molecule has 3 nitrogen and oxygen atoms in total. The summed E-state index contributed by atoms with van der Waals surface area (Å²) in [7, 11) is 0. The third-order valence-corrected chi connectivity index (χ3v) is 6.88. The van der Waals surface area contributed by atoms with Gasteiger partial charge in [-0.2, -0.15) is 0 Å². The SMILES string of the molecule is Clc1cccc2c1ccc1c3c(ccc12)C(c1cncc(C2=CC=CC=CN2)n1)CCC3. The summed E-state index contributed by atoms with van der Waals surface area (Å²) in [5.41, 5.74) is 5.67. The third-order valence-electron chi connectivity index (χ3n) is 6.55. The van der Waals surface area contributed by atoms with Gasteiger partial charge in [-0.05, 0) is 64.8 Å². The van der Waals surface area contributed by atoms with Gasteiger partial charge in [0.15, 0.2) is 0 Å². The first kappa shape index (κ1) is 19.3. The van der Waals surface area contributed by atoms with Crippen LogP contribution >= 0.6 is 11.6 Å². The van der Waals surface area contributed by atoms with E-state index < -0.39 is 0 Å². The molecule has 0 bridgehead atoms. The number of nitrogens with zero attached hydrogens (tertiary/aromatic N) is 2. The zero-order valence-corrected chi connectivity index (χ0v) is 18.3. The second-order valence-electron chi connectivity index (χ2n) is 8.37. The summed E-state index contributed by atoms with van der Waals surface area (Å²) in [4.78, 5) is 9.57. The Bertz CT molecular complexity index is 1450. The van der Waals surface area contributed by atoms with Crippen LogP contribution in [0.5, 0.6) is 0 Å². The van der Waals surface area contributed by atoms with Crippen molar-refractivity contribution in [2.24, 2.45) is 0 Å². The lowest BCUT2D eigenvalue weighted by atomic mass is 9.78. The van der Waals surface area contributed by atoms with Crippen molar-refractivity contribution in [3.63, 3.8) is 0 Å². The van der Waals surface area contributed by atoms with Gasteiger partial charge in [0.1, 0.15) is 5.69 Å². The normalized spacial score (nSPS) is 17.7. The molecule has 156 valence electrons. The molecular weight excluding hydrogens is 414 g/mol. The molecule has 1 N–H and O–H groups in total. The summed E-state index contributed by atoms with van der Waals surface area (Å²) in [5, 5.41) is 9.03. The maximum absolute atomic E-state index is 6.46. The van der Waals surface area contributed by atoms with Crippen molar-refractivity contribution in [1.82, 2.24) is 15.3 Å². The molecule has 3 aromatic carbocycles. The number of aromatic nitrogens is 2. The average Bonchev–Trinajstić information content (AvgIpc) is 3.13. The zero-order chi connectivity index (χ0) is 21.5. The molecule has 0 fully saturated rings. The minimum absolute atomic E-state index is 0.253. The Balaban J connectivity index is 1.47. The third kappa shape index (κ3) is 3.21. The molecule has 0 saturated carbocycles. The van der Waals surface area contributed by atoms with Crippen molar-refractivity contribution < 1.29 is 0 Å². The zero-order valence-electron chi connectivity index (χ0n) is 17.6. The van der Waals surface area contributed by atoms with E-state index in [1.54, 1.807) is 0 Å². The second-order valence-corrected chi connectivity index (χ2v) is 8.78. The van der Waals surface area contributed by atoms with E-state index in [1.807, 2.05) is 55.0 Å². The summed E-state index contributed by atoms with van der Waals surface area (Å²) >= 11 is 6.46. The van der Waals surface area contributed by atoms with E-state index in [9.17, 15) is 0 Å². The highest BCUT2D eigenvalue weighted by molar-refractivity contribution is 6.36. The Morgan fingerprint density at radius 2 is 1.75 bits per heavy atom. The molecule has 0 radical (unpaired) electrons. The molecule has 1 unspecified atom stereocenters. The fourth-order valence-electron chi connectivity index (χ4n) is 5.06. The van der Waals surface area contributed by atoms with Crippen LogP contribution < -0.4 is 5.32 Å². The van der Waals surface area contributed by atoms with Crippen molar-refractivity contribution in [1.29, 1.82) is 0 Å². The van der Waals surface area contributed by atoms with Crippen LogP contribution in [0.2, 0.25) is 5.02 Å². The van der Waals surface area contributed by atoms with Crippen molar-refractivity contribution in [3.8, 4) is 0 Å². The number of hydrogen-bond donors (Lipinski definition) is 1. The quantitative estimate of drug-likeness (QED) is 0.347. The number of halogens is 1. The number of fused-ring (bicyclic) bond motifs is 5. The van der Waals surface area contributed by atoms with Gasteiger partial charge in [0.05, 0.1) is 17.6 Å². The number of nitrogens with one attached hydrogen (secondary N) is 1. The Labute approximate surface area is 192 Å². The molecule has 2 aliphatic rings. The smallest absolute Gasteiger partial charge is 0.105 e. The molecule has 0 spiro atoms. The van der Waals surface area contributed by atoms with Gasteiger partial charge in [0, 0.05) is 28.7 Å². The summed E-state index contributed by atoms with van der Waals surface area (Å²) < 4.78 is 0. The lowest BCUT2D eigenvalue weighted by molar-refractivity contribution is 0.605. The van der Waals surface area contributed by atoms with Gasteiger partial charge >= 0.3 is 0 Å². The largest absolute Gasteiger partial charge is 0.360 e. The first-order valence-electron chi connectivity index (χ1n) is 11.0.